The Morgan fingerprint density at radius 2 is 1.65 bits per heavy atom. The molecule has 0 bridgehead atoms. The monoisotopic (exact) mass is 311 g/mol. The Labute approximate surface area is 138 Å². The van der Waals surface area contributed by atoms with Gasteiger partial charge in [-0.25, -0.2) is 0 Å². The third-order valence-corrected chi connectivity index (χ3v) is 5.24. The molecule has 2 aliphatic rings. The summed E-state index contributed by atoms with van der Waals surface area (Å²) in [7, 11) is 0. The van der Waals surface area contributed by atoms with E-state index in [2.05, 4.69) is 19.9 Å². The first-order valence-electron chi connectivity index (χ1n) is 8.48. The van der Waals surface area contributed by atoms with Crippen LogP contribution in [0.1, 0.15) is 58.1 Å². The van der Waals surface area contributed by atoms with Crippen molar-refractivity contribution in [1.29, 1.82) is 0 Å². The summed E-state index contributed by atoms with van der Waals surface area (Å²) in [4.78, 5) is 30.4. The van der Waals surface area contributed by atoms with Crippen LogP contribution in [0.15, 0.2) is 29.3 Å². The van der Waals surface area contributed by atoms with Crippen LogP contribution in [0.4, 0.5) is 0 Å². The highest BCUT2D eigenvalue weighted by atomic mass is 16.2. The van der Waals surface area contributed by atoms with Crippen LogP contribution in [0, 0.1) is 11.3 Å². The van der Waals surface area contributed by atoms with Crippen LogP contribution in [0.3, 0.4) is 0 Å². The topological polar surface area (TPSA) is 46.5 Å². The van der Waals surface area contributed by atoms with Gasteiger partial charge >= 0.3 is 0 Å². The summed E-state index contributed by atoms with van der Waals surface area (Å²) in [6.07, 6.45) is 2.66. The molecule has 23 heavy (non-hydrogen) atoms. The summed E-state index contributed by atoms with van der Waals surface area (Å²) in [5.74, 6) is -0.615. The minimum Gasteiger partial charge on any atom is -0.298 e. The number of hydrogen-bond donors (Lipinski definition) is 0. The van der Waals surface area contributed by atoms with Crippen LogP contribution in [0.25, 0.3) is 0 Å². The smallest absolute Gasteiger partial charge is 0.149 e. The highest BCUT2D eigenvalue weighted by Gasteiger charge is 2.44. The zero-order chi connectivity index (χ0) is 16.8. The Balaban J connectivity index is 2.09. The largest absolute Gasteiger partial charge is 0.298 e. The van der Waals surface area contributed by atoms with Crippen molar-refractivity contribution in [3.05, 3.63) is 35.4 Å². The van der Waals surface area contributed by atoms with Gasteiger partial charge in [-0.3, -0.25) is 14.6 Å². The van der Waals surface area contributed by atoms with Gasteiger partial charge in [0.25, 0.3) is 0 Å². The number of carbonyl (C=O) groups is 2. The molecule has 0 amide bonds. The number of nitrogens with zero attached hydrogens (tertiary/aromatic N) is 1. The van der Waals surface area contributed by atoms with Gasteiger partial charge in [0.2, 0.25) is 0 Å². The molecule has 122 valence electrons. The zero-order valence-corrected chi connectivity index (χ0v) is 14.5. The second kappa shape index (κ2) is 5.40. The van der Waals surface area contributed by atoms with Gasteiger partial charge in [0.1, 0.15) is 17.5 Å². The minimum absolute atomic E-state index is 0.0279. The predicted molar refractivity (Wildman–Crippen MR) is 91.9 cm³/mol. The molecular formula is C20H25NO2. The lowest BCUT2D eigenvalue weighted by atomic mass is 9.68. The fraction of sp³-hybridized carbons (Fsp3) is 0.550. The Kier molecular flexibility index (Phi) is 3.78. The van der Waals surface area contributed by atoms with E-state index in [4.69, 9.17) is 4.99 Å². The van der Waals surface area contributed by atoms with Crippen LogP contribution in [0.5, 0.6) is 0 Å². The van der Waals surface area contributed by atoms with E-state index in [1.54, 1.807) is 0 Å². The van der Waals surface area contributed by atoms with Crippen molar-refractivity contribution >= 4 is 17.3 Å². The molecule has 3 nitrogen and oxygen atoms in total. The second-order valence-corrected chi connectivity index (χ2v) is 8.06. The molecule has 0 saturated heterocycles. The summed E-state index contributed by atoms with van der Waals surface area (Å²) in [6, 6.07) is 8.08. The summed E-state index contributed by atoms with van der Waals surface area (Å²) in [6.45, 7) is 8.21. The van der Waals surface area contributed by atoms with Gasteiger partial charge < -0.3 is 0 Å². The van der Waals surface area contributed by atoms with Crippen LogP contribution in [-0.2, 0) is 16.0 Å². The van der Waals surface area contributed by atoms with Gasteiger partial charge in [-0.05, 0) is 30.7 Å². The molecule has 1 saturated carbocycles. The fourth-order valence-electron chi connectivity index (χ4n) is 3.84. The van der Waals surface area contributed by atoms with E-state index in [0.29, 0.717) is 18.6 Å². The summed E-state index contributed by atoms with van der Waals surface area (Å²) < 4.78 is 0. The van der Waals surface area contributed by atoms with Gasteiger partial charge in [-0.2, -0.15) is 0 Å². The van der Waals surface area contributed by atoms with E-state index in [0.717, 1.165) is 18.4 Å². The van der Waals surface area contributed by atoms with E-state index in [1.165, 1.54) is 5.56 Å². The molecule has 1 aliphatic carbocycles. The Hall–Kier alpha value is -1.77. The van der Waals surface area contributed by atoms with Crippen molar-refractivity contribution < 1.29 is 9.59 Å². The third kappa shape index (κ3) is 2.89. The molecule has 3 heteroatoms. The van der Waals surface area contributed by atoms with Gasteiger partial charge in [0.15, 0.2) is 0 Å². The molecule has 1 aromatic rings. The van der Waals surface area contributed by atoms with Crippen molar-refractivity contribution in [3.63, 3.8) is 0 Å². The van der Waals surface area contributed by atoms with Gasteiger partial charge in [-0.15, -0.1) is 0 Å². The highest BCUT2D eigenvalue weighted by Crippen LogP contribution is 2.38. The minimum atomic E-state index is -0.671. The van der Waals surface area contributed by atoms with Gasteiger partial charge in [0, 0.05) is 18.4 Å². The number of hydrogen-bond acceptors (Lipinski definition) is 3. The van der Waals surface area contributed by atoms with Crippen molar-refractivity contribution in [2.24, 2.45) is 16.3 Å². The lowest BCUT2D eigenvalue weighted by Gasteiger charge is -2.37. The molecule has 0 radical (unpaired) electrons. The Morgan fingerprint density at radius 3 is 2.26 bits per heavy atom. The third-order valence-electron chi connectivity index (χ3n) is 5.24. The number of Topliss-reactive ketones (excluding diaryl/α,β-unsaturated/α-hetero) is 2. The quantitative estimate of drug-likeness (QED) is 0.780. The lowest BCUT2D eigenvalue weighted by molar-refractivity contribution is -0.136. The van der Waals surface area contributed by atoms with E-state index >= 15 is 0 Å². The molecule has 1 heterocycles. The molecular weight excluding hydrogens is 286 g/mol. The van der Waals surface area contributed by atoms with Crippen molar-refractivity contribution in [2.45, 2.75) is 58.9 Å². The first-order chi connectivity index (χ1) is 10.7. The van der Waals surface area contributed by atoms with Crippen LogP contribution < -0.4 is 0 Å². The number of aliphatic imine (C=N–C) groups is 1. The first-order valence-corrected chi connectivity index (χ1v) is 8.48. The SMILES string of the molecule is CC[C@]1(C)Cc2ccccc2C(C2C(=O)CC(C)(C)CC2=O)=N1. The van der Waals surface area contributed by atoms with Crippen LogP contribution in [0.2, 0.25) is 0 Å². The van der Waals surface area contributed by atoms with E-state index in [-0.39, 0.29) is 22.5 Å². The van der Waals surface area contributed by atoms with E-state index in [9.17, 15) is 9.59 Å². The Bertz CT molecular complexity index is 681. The van der Waals surface area contributed by atoms with Gasteiger partial charge in [-0.1, -0.05) is 45.0 Å². The summed E-state index contributed by atoms with van der Waals surface area (Å²) >= 11 is 0. The molecule has 0 spiro atoms. The van der Waals surface area contributed by atoms with Crippen molar-refractivity contribution in [2.75, 3.05) is 0 Å². The summed E-state index contributed by atoms with van der Waals surface area (Å²) in [5.41, 5.74) is 2.45. The molecule has 0 aromatic heterocycles. The maximum Gasteiger partial charge on any atom is 0.149 e. The maximum absolute atomic E-state index is 12.7. The fourth-order valence-corrected chi connectivity index (χ4v) is 3.84. The van der Waals surface area contributed by atoms with Crippen LogP contribution >= 0.6 is 0 Å². The van der Waals surface area contributed by atoms with Gasteiger partial charge in [0.05, 0.1) is 11.3 Å². The number of rotatable bonds is 2. The molecule has 1 aliphatic heterocycles. The lowest BCUT2D eigenvalue weighted by Crippen LogP contribution is -2.45. The molecule has 3 rings (SSSR count). The predicted octanol–water partition coefficient (Wildman–Crippen LogP) is 3.77. The van der Waals surface area contributed by atoms with Crippen molar-refractivity contribution in [3.8, 4) is 0 Å². The molecule has 0 unspecified atom stereocenters. The number of carbonyl (C=O) groups excluding carboxylic acids is 2. The number of benzene rings is 1. The average molecular weight is 311 g/mol. The Morgan fingerprint density at radius 1 is 1.04 bits per heavy atom. The average Bonchev–Trinajstić information content (AvgIpc) is 2.45. The normalized spacial score (nSPS) is 27.6. The molecule has 1 atom stereocenters. The van der Waals surface area contributed by atoms with Crippen LogP contribution in [-0.4, -0.2) is 22.8 Å². The molecule has 1 aromatic carbocycles. The van der Waals surface area contributed by atoms with Crippen molar-refractivity contribution in [1.82, 2.24) is 0 Å². The second-order valence-electron chi connectivity index (χ2n) is 8.06. The highest BCUT2D eigenvalue weighted by molar-refractivity contribution is 6.27. The molecule has 1 fully saturated rings. The first kappa shape index (κ1) is 16.1. The number of fused-ring (bicyclic) bond motifs is 1. The summed E-state index contributed by atoms with van der Waals surface area (Å²) in [5, 5.41) is 0. The van der Waals surface area contributed by atoms with E-state index < -0.39 is 5.92 Å². The van der Waals surface area contributed by atoms with E-state index in [1.807, 2.05) is 32.0 Å². The number of ketones is 2. The molecule has 0 N–H and O–H groups in total. The zero-order valence-electron chi connectivity index (χ0n) is 14.5. The maximum atomic E-state index is 12.7. The standard InChI is InChI=1S/C20H25NO2/c1-5-20(4)10-13-8-6-7-9-14(13)18(21-20)17-15(22)11-19(2,3)12-16(17)23/h6-9,17H,5,10-12H2,1-4H3/t20-/m1/s1.